The highest BCUT2D eigenvalue weighted by Crippen LogP contribution is 2.38. The summed E-state index contributed by atoms with van der Waals surface area (Å²) in [6.07, 6.45) is -0.667. The maximum Gasteiger partial charge on any atom is 0.407 e. The van der Waals surface area contributed by atoms with Gasteiger partial charge < -0.3 is 24.9 Å². The van der Waals surface area contributed by atoms with Crippen LogP contribution in [0.1, 0.15) is 32.7 Å². The van der Waals surface area contributed by atoms with E-state index in [-0.39, 0.29) is 28.9 Å². The molecule has 0 aliphatic rings. The fourth-order valence-corrected chi connectivity index (χ4v) is 3.86. The molecule has 10 heteroatoms. The molecule has 3 aromatic rings. The molecule has 2 aromatic carbocycles. The molecule has 8 nitrogen and oxygen atoms in total. The molecule has 0 spiro atoms. The van der Waals surface area contributed by atoms with Crippen molar-refractivity contribution in [1.29, 1.82) is 0 Å². The Kier molecular flexibility index (Phi) is 7.72. The number of carbonyl (C=O) groups is 2. The summed E-state index contributed by atoms with van der Waals surface area (Å²) in [5.41, 5.74) is 3.07. The summed E-state index contributed by atoms with van der Waals surface area (Å²) < 4.78 is 24.6. The van der Waals surface area contributed by atoms with Crippen LogP contribution in [0.2, 0.25) is 0 Å². The van der Waals surface area contributed by atoms with Crippen LogP contribution in [0.25, 0.3) is 11.1 Å². The Morgan fingerprint density at radius 3 is 2.56 bits per heavy atom. The molecule has 34 heavy (non-hydrogen) atoms. The van der Waals surface area contributed by atoms with Crippen molar-refractivity contribution in [3.05, 3.63) is 85.0 Å². The van der Waals surface area contributed by atoms with Crippen molar-refractivity contribution in [3.63, 3.8) is 0 Å². The number of H-pyrrole nitrogens is 1. The topological polar surface area (TPSA) is 118 Å². The third kappa shape index (κ3) is 5.45. The molecule has 3 N–H and O–H groups in total. The maximum atomic E-state index is 13.8. The minimum atomic E-state index is -1.08. The first kappa shape index (κ1) is 25.0. The minimum Gasteiger partial charge on any atom is -0.487 e. The van der Waals surface area contributed by atoms with Gasteiger partial charge in [-0.2, -0.15) is 0 Å². The SMILES string of the molecule is COC(=O)NCc1cc(F)ccc1COc1c(-c2cc(C(=O)O)ccc2C)c(C)[nH]c(=O)c1Br. The number of hydrogen-bond donors (Lipinski definition) is 3. The molecule has 1 amide bonds. The van der Waals surface area contributed by atoms with Gasteiger partial charge >= 0.3 is 12.1 Å². The number of aryl methyl sites for hydroxylation is 2. The summed E-state index contributed by atoms with van der Waals surface area (Å²) in [5.74, 6) is -1.36. The van der Waals surface area contributed by atoms with E-state index in [4.69, 9.17) is 4.74 Å². The molecule has 0 saturated carbocycles. The van der Waals surface area contributed by atoms with Crippen LogP contribution in [0.5, 0.6) is 5.75 Å². The molecule has 0 aliphatic heterocycles. The van der Waals surface area contributed by atoms with E-state index < -0.39 is 23.4 Å². The number of rotatable bonds is 7. The highest BCUT2D eigenvalue weighted by Gasteiger charge is 2.20. The van der Waals surface area contributed by atoms with Gasteiger partial charge in [0.15, 0.2) is 0 Å². The average molecular weight is 533 g/mol. The zero-order chi connectivity index (χ0) is 25.0. The lowest BCUT2D eigenvalue weighted by atomic mass is 9.96. The van der Waals surface area contributed by atoms with Crippen LogP contribution < -0.4 is 15.6 Å². The predicted octanol–water partition coefficient (Wildman–Crippen LogP) is 4.69. The second kappa shape index (κ2) is 10.5. The van der Waals surface area contributed by atoms with Gasteiger partial charge in [0, 0.05) is 17.8 Å². The fraction of sp³-hybridized carbons (Fsp3) is 0.208. The predicted molar refractivity (Wildman–Crippen MR) is 127 cm³/mol. The Bertz CT molecular complexity index is 1320. The molecule has 1 heterocycles. The van der Waals surface area contributed by atoms with E-state index in [1.807, 2.05) is 6.92 Å². The Hall–Kier alpha value is -3.66. The third-order valence-corrected chi connectivity index (χ3v) is 5.92. The standard InChI is InChI=1S/C24H22BrFN2O6/c1-12-4-5-14(23(30)31)9-18(12)19-13(2)28-22(29)20(25)21(19)34-11-15-6-7-17(26)8-16(15)10-27-24(32)33-3/h4-9H,10-11H2,1-3H3,(H,27,32)(H,28,29)(H,30,31). The molecular formula is C24H22BrFN2O6. The van der Waals surface area contributed by atoms with Crippen LogP contribution in [0.4, 0.5) is 9.18 Å². The van der Waals surface area contributed by atoms with Crippen molar-refractivity contribution in [2.24, 2.45) is 0 Å². The van der Waals surface area contributed by atoms with E-state index in [9.17, 15) is 23.9 Å². The van der Waals surface area contributed by atoms with Crippen molar-refractivity contribution < 1.29 is 28.6 Å². The van der Waals surface area contributed by atoms with E-state index in [1.54, 1.807) is 13.0 Å². The van der Waals surface area contributed by atoms with Gasteiger partial charge in [-0.05, 0) is 76.3 Å². The number of hydrogen-bond acceptors (Lipinski definition) is 5. The Morgan fingerprint density at radius 1 is 1.15 bits per heavy atom. The van der Waals surface area contributed by atoms with Crippen molar-refractivity contribution in [2.45, 2.75) is 27.0 Å². The summed E-state index contributed by atoms with van der Waals surface area (Å²) in [4.78, 5) is 38.2. The van der Waals surface area contributed by atoms with Crippen LogP contribution in [0.15, 0.2) is 45.7 Å². The quantitative estimate of drug-likeness (QED) is 0.406. The average Bonchev–Trinajstić information content (AvgIpc) is 2.80. The number of pyridine rings is 1. The van der Waals surface area contributed by atoms with Crippen molar-refractivity contribution in [1.82, 2.24) is 10.3 Å². The molecule has 0 bridgehead atoms. The number of carbonyl (C=O) groups excluding carboxylic acids is 1. The Morgan fingerprint density at radius 2 is 1.88 bits per heavy atom. The second-order valence-electron chi connectivity index (χ2n) is 7.48. The lowest BCUT2D eigenvalue weighted by molar-refractivity contribution is 0.0697. The first-order chi connectivity index (χ1) is 16.1. The van der Waals surface area contributed by atoms with E-state index >= 15 is 0 Å². The zero-order valence-electron chi connectivity index (χ0n) is 18.6. The lowest BCUT2D eigenvalue weighted by Gasteiger charge is -2.18. The molecule has 0 unspecified atom stereocenters. The largest absolute Gasteiger partial charge is 0.487 e. The number of amides is 1. The molecule has 178 valence electrons. The molecule has 0 saturated heterocycles. The van der Waals surface area contributed by atoms with E-state index in [2.05, 4.69) is 31.0 Å². The molecule has 1 aromatic heterocycles. The number of halogens is 2. The van der Waals surface area contributed by atoms with Crippen molar-refractivity contribution >= 4 is 28.0 Å². The monoisotopic (exact) mass is 532 g/mol. The molecule has 0 radical (unpaired) electrons. The van der Waals surface area contributed by atoms with Crippen molar-refractivity contribution in [2.75, 3.05) is 7.11 Å². The van der Waals surface area contributed by atoms with E-state index in [1.165, 1.54) is 37.4 Å². The molecule has 3 rings (SSSR count). The minimum absolute atomic E-state index is 0.00528. The number of carboxylic acid groups (broad SMARTS) is 1. The summed E-state index contributed by atoms with van der Waals surface area (Å²) in [5, 5.41) is 11.9. The normalized spacial score (nSPS) is 10.6. The van der Waals surface area contributed by atoms with Gasteiger partial charge in [-0.15, -0.1) is 0 Å². The van der Waals surface area contributed by atoms with Gasteiger partial charge in [-0.25, -0.2) is 14.0 Å². The highest BCUT2D eigenvalue weighted by atomic mass is 79.9. The van der Waals surface area contributed by atoms with Gasteiger partial charge in [-0.1, -0.05) is 12.1 Å². The molecule has 0 fully saturated rings. The van der Waals surface area contributed by atoms with E-state index in [0.29, 0.717) is 27.9 Å². The van der Waals surface area contributed by atoms with Crippen LogP contribution in [-0.2, 0) is 17.9 Å². The van der Waals surface area contributed by atoms with Crippen LogP contribution in [-0.4, -0.2) is 29.3 Å². The number of ether oxygens (including phenoxy) is 2. The molecule has 0 aliphatic carbocycles. The smallest absolute Gasteiger partial charge is 0.407 e. The molecular weight excluding hydrogens is 511 g/mol. The number of benzene rings is 2. The van der Waals surface area contributed by atoms with Gasteiger partial charge in [-0.3, -0.25) is 4.79 Å². The second-order valence-corrected chi connectivity index (χ2v) is 8.27. The number of nitrogens with one attached hydrogen (secondary N) is 2. The van der Waals surface area contributed by atoms with E-state index in [0.717, 1.165) is 5.56 Å². The fourth-order valence-electron chi connectivity index (χ4n) is 3.44. The number of methoxy groups -OCH3 is 1. The van der Waals surface area contributed by atoms with Gasteiger partial charge in [0.1, 0.15) is 22.6 Å². The summed E-state index contributed by atoms with van der Waals surface area (Å²) in [6.45, 7) is 3.46. The van der Waals surface area contributed by atoms with Gasteiger partial charge in [0.2, 0.25) is 0 Å². The molecule has 0 atom stereocenters. The van der Waals surface area contributed by atoms with Crippen LogP contribution >= 0.6 is 15.9 Å². The number of aromatic carboxylic acids is 1. The Balaban J connectivity index is 2.05. The third-order valence-electron chi connectivity index (χ3n) is 5.20. The summed E-state index contributed by atoms with van der Waals surface area (Å²) in [6, 6.07) is 8.75. The number of aromatic amines is 1. The Labute approximate surface area is 202 Å². The number of aromatic nitrogens is 1. The van der Waals surface area contributed by atoms with Gasteiger partial charge in [0.05, 0.1) is 12.7 Å². The number of carboxylic acids is 1. The zero-order valence-corrected chi connectivity index (χ0v) is 20.2. The van der Waals surface area contributed by atoms with Crippen LogP contribution in [0.3, 0.4) is 0 Å². The number of alkyl carbamates (subject to hydrolysis) is 1. The maximum absolute atomic E-state index is 13.8. The van der Waals surface area contributed by atoms with Crippen molar-refractivity contribution in [3.8, 4) is 16.9 Å². The highest BCUT2D eigenvalue weighted by molar-refractivity contribution is 9.10. The summed E-state index contributed by atoms with van der Waals surface area (Å²) in [7, 11) is 1.22. The van der Waals surface area contributed by atoms with Gasteiger partial charge in [0.25, 0.3) is 5.56 Å². The lowest BCUT2D eigenvalue weighted by Crippen LogP contribution is -2.23. The first-order valence-electron chi connectivity index (χ1n) is 10.1. The summed E-state index contributed by atoms with van der Waals surface area (Å²) >= 11 is 3.28. The van der Waals surface area contributed by atoms with Crippen LogP contribution in [0, 0.1) is 19.7 Å². The first-order valence-corrected chi connectivity index (χ1v) is 10.9.